The number of carbonyl (C=O) groups excluding carboxylic acids is 1. The van der Waals surface area contributed by atoms with Crippen molar-refractivity contribution in [2.45, 2.75) is 31.6 Å². The smallest absolute Gasteiger partial charge is 0.230 e. The Balaban J connectivity index is 1.56. The summed E-state index contributed by atoms with van der Waals surface area (Å²) in [4.78, 5) is 12.2. The normalized spacial score (nSPS) is 10.7. The molecule has 1 heterocycles. The maximum absolute atomic E-state index is 12.2. The molecule has 140 valence electrons. The van der Waals surface area contributed by atoms with Crippen molar-refractivity contribution in [3.63, 3.8) is 0 Å². The van der Waals surface area contributed by atoms with Gasteiger partial charge in [-0.2, -0.15) is 0 Å². The van der Waals surface area contributed by atoms with Crippen molar-refractivity contribution in [3.8, 4) is 0 Å². The molecule has 0 saturated heterocycles. The summed E-state index contributed by atoms with van der Waals surface area (Å²) in [5.74, 6) is 1.13. The van der Waals surface area contributed by atoms with Crippen molar-refractivity contribution in [1.82, 2.24) is 20.1 Å². The molecule has 0 aliphatic heterocycles. The predicted octanol–water partition coefficient (Wildman–Crippen LogP) is 3.95. The first-order valence-corrected chi connectivity index (χ1v) is 10.1. The fraction of sp³-hybridized carbons (Fsp3) is 0.250. The summed E-state index contributed by atoms with van der Waals surface area (Å²) in [6.45, 7) is 3.23. The van der Waals surface area contributed by atoms with Gasteiger partial charge < -0.3 is 9.88 Å². The largest absolute Gasteiger partial charge is 0.351 e. The van der Waals surface area contributed by atoms with E-state index in [1.807, 2.05) is 42.5 Å². The molecule has 0 aliphatic rings. The summed E-state index contributed by atoms with van der Waals surface area (Å²) in [5, 5.41) is 12.9. The monoisotopic (exact) mass is 400 g/mol. The molecular weight excluding hydrogens is 380 g/mol. The van der Waals surface area contributed by atoms with Crippen LogP contribution in [0.2, 0.25) is 5.02 Å². The van der Waals surface area contributed by atoms with E-state index in [1.54, 1.807) is 0 Å². The van der Waals surface area contributed by atoms with Crippen LogP contribution in [-0.2, 0) is 24.3 Å². The van der Waals surface area contributed by atoms with E-state index in [2.05, 4.69) is 39.1 Å². The number of nitrogens with one attached hydrogen (secondary N) is 1. The van der Waals surface area contributed by atoms with Gasteiger partial charge in [0.1, 0.15) is 5.82 Å². The van der Waals surface area contributed by atoms with Crippen LogP contribution in [0.15, 0.2) is 59.8 Å². The van der Waals surface area contributed by atoms with Gasteiger partial charge in [-0.05, 0) is 24.1 Å². The fourth-order valence-electron chi connectivity index (χ4n) is 2.67. The third kappa shape index (κ3) is 5.34. The summed E-state index contributed by atoms with van der Waals surface area (Å²) in [5.41, 5.74) is 2.09. The molecule has 1 aromatic heterocycles. The number of hydrogen-bond donors (Lipinski definition) is 1. The summed E-state index contributed by atoms with van der Waals surface area (Å²) in [6, 6.07) is 17.7. The fourth-order valence-corrected chi connectivity index (χ4v) is 3.72. The molecule has 0 bridgehead atoms. The Kier molecular flexibility index (Phi) is 6.90. The van der Waals surface area contributed by atoms with Gasteiger partial charge in [-0.25, -0.2) is 0 Å². The molecule has 0 fully saturated rings. The number of hydrogen-bond acceptors (Lipinski definition) is 4. The maximum atomic E-state index is 12.2. The van der Waals surface area contributed by atoms with E-state index in [0.29, 0.717) is 11.6 Å². The van der Waals surface area contributed by atoms with Crippen LogP contribution < -0.4 is 5.32 Å². The van der Waals surface area contributed by atoms with Crippen LogP contribution in [0.5, 0.6) is 0 Å². The zero-order chi connectivity index (χ0) is 19.1. The second kappa shape index (κ2) is 9.58. The van der Waals surface area contributed by atoms with Crippen molar-refractivity contribution >= 4 is 29.3 Å². The number of benzene rings is 2. The SMILES string of the molecule is CCn1c(Cc2ccccc2)nnc1SCC(=O)NCc1ccccc1Cl. The highest BCUT2D eigenvalue weighted by atomic mass is 35.5. The average Bonchev–Trinajstić information content (AvgIpc) is 3.08. The second-order valence-electron chi connectivity index (χ2n) is 5.96. The molecule has 0 atom stereocenters. The van der Waals surface area contributed by atoms with Gasteiger partial charge in [0.05, 0.1) is 5.75 Å². The van der Waals surface area contributed by atoms with Gasteiger partial charge in [0.2, 0.25) is 5.91 Å². The molecule has 27 heavy (non-hydrogen) atoms. The molecule has 7 heteroatoms. The lowest BCUT2D eigenvalue weighted by molar-refractivity contribution is -0.118. The van der Waals surface area contributed by atoms with Gasteiger partial charge in [-0.1, -0.05) is 71.9 Å². The topological polar surface area (TPSA) is 59.8 Å². The van der Waals surface area contributed by atoms with Gasteiger partial charge in [0.25, 0.3) is 0 Å². The van der Waals surface area contributed by atoms with Crippen molar-refractivity contribution in [1.29, 1.82) is 0 Å². The number of aromatic nitrogens is 3. The van der Waals surface area contributed by atoms with E-state index >= 15 is 0 Å². The Morgan fingerprint density at radius 3 is 2.59 bits per heavy atom. The predicted molar refractivity (Wildman–Crippen MR) is 109 cm³/mol. The van der Waals surface area contributed by atoms with Crippen LogP contribution in [0.25, 0.3) is 0 Å². The van der Waals surface area contributed by atoms with E-state index < -0.39 is 0 Å². The third-order valence-electron chi connectivity index (χ3n) is 4.08. The Morgan fingerprint density at radius 2 is 1.85 bits per heavy atom. The first-order chi connectivity index (χ1) is 13.2. The van der Waals surface area contributed by atoms with E-state index in [9.17, 15) is 4.79 Å². The van der Waals surface area contributed by atoms with E-state index in [0.717, 1.165) is 29.5 Å². The molecule has 1 N–H and O–H groups in total. The lowest BCUT2D eigenvalue weighted by Gasteiger charge is -2.08. The van der Waals surface area contributed by atoms with Crippen LogP contribution in [0.3, 0.4) is 0 Å². The first kappa shape index (κ1) is 19.5. The molecule has 3 rings (SSSR count). The summed E-state index contributed by atoms with van der Waals surface area (Å²) in [7, 11) is 0. The van der Waals surface area contributed by atoms with Crippen molar-refractivity contribution in [3.05, 3.63) is 76.6 Å². The van der Waals surface area contributed by atoms with Crippen LogP contribution in [0.1, 0.15) is 23.9 Å². The molecule has 0 unspecified atom stereocenters. The maximum Gasteiger partial charge on any atom is 0.230 e. The van der Waals surface area contributed by atoms with Gasteiger partial charge in [0.15, 0.2) is 5.16 Å². The molecule has 2 aromatic carbocycles. The molecule has 0 spiro atoms. The highest BCUT2D eigenvalue weighted by Crippen LogP contribution is 2.19. The highest BCUT2D eigenvalue weighted by Gasteiger charge is 2.13. The molecule has 0 radical (unpaired) electrons. The number of halogens is 1. The Bertz CT molecular complexity index is 898. The van der Waals surface area contributed by atoms with Crippen molar-refractivity contribution in [2.75, 3.05) is 5.75 Å². The van der Waals surface area contributed by atoms with Gasteiger partial charge in [-0.3, -0.25) is 4.79 Å². The van der Waals surface area contributed by atoms with Crippen LogP contribution in [0.4, 0.5) is 0 Å². The van der Waals surface area contributed by atoms with Crippen LogP contribution >= 0.6 is 23.4 Å². The number of thioether (sulfide) groups is 1. The van der Waals surface area contributed by atoms with Gasteiger partial charge in [0, 0.05) is 24.5 Å². The number of nitrogens with zero attached hydrogens (tertiary/aromatic N) is 3. The van der Waals surface area contributed by atoms with Crippen molar-refractivity contribution in [2.24, 2.45) is 0 Å². The zero-order valence-electron chi connectivity index (χ0n) is 15.1. The minimum absolute atomic E-state index is 0.0600. The standard InChI is InChI=1S/C20H21ClN4OS/c1-2-25-18(12-15-8-4-3-5-9-15)23-24-20(25)27-14-19(26)22-13-16-10-6-7-11-17(16)21/h3-11H,2,12-14H2,1H3,(H,22,26). The third-order valence-corrected chi connectivity index (χ3v) is 5.42. The minimum Gasteiger partial charge on any atom is -0.351 e. The quantitative estimate of drug-likeness (QED) is 0.581. The molecule has 1 amide bonds. The van der Waals surface area contributed by atoms with E-state index in [-0.39, 0.29) is 11.7 Å². The van der Waals surface area contributed by atoms with E-state index in [4.69, 9.17) is 11.6 Å². The van der Waals surface area contributed by atoms with Gasteiger partial charge >= 0.3 is 0 Å². The molecule has 3 aromatic rings. The molecule has 5 nitrogen and oxygen atoms in total. The van der Waals surface area contributed by atoms with Crippen LogP contribution in [-0.4, -0.2) is 26.4 Å². The Morgan fingerprint density at radius 1 is 1.11 bits per heavy atom. The number of amides is 1. The number of carbonyl (C=O) groups is 1. The summed E-state index contributed by atoms with van der Waals surface area (Å²) < 4.78 is 2.05. The average molecular weight is 401 g/mol. The summed E-state index contributed by atoms with van der Waals surface area (Å²) in [6.07, 6.45) is 0.723. The molecule has 0 aliphatic carbocycles. The lowest BCUT2D eigenvalue weighted by Crippen LogP contribution is -2.24. The Hall–Kier alpha value is -2.31. The minimum atomic E-state index is -0.0600. The van der Waals surface area contributed by atoms with Crippen molar-refractivity contribution < 1.29 is 4.79 Å². The summed E-state index contributed by atoms with van der Waals surface area (Å²) >= 11 is 7.51. The number of rotatable bonds is 8. The van der Waals surface area contributed by atoms with Crippen LogP contribution in [0, 0.1) is 0 Å². The molecular formula is C20H21ClN4OS. The first-order valence-electron chi connectivity index (χ1n) is 8.76. The lowest BCUT2D eigenvalue weighted by atomic mass is 10.1. The highest BCUT2D eigenvalue weighted by molar-refractivity contribution is 7.99. The van der Waals surface area contributed by atoms with E-state index in [1.165, 1.54) is 17.3 Å². The zero-order valence-corrected chi connectivity index (χ0v) is 16.6. The second-order valence-corrected chi connectivity index (χ2v) is 7.31. The molecule has 0 saturated carbocycles. The Labute approximate surface area is 168 Å². The van der Waals surface area contributed by atoms with Gasteiger partial charge in [-0.15, -0.1) is 10.2 Å².